The molecule has 0 spiro atoms. The molecule has 2 aromatic carbocycles. The van der Waals surface area contributed by atoms with Gasteiger partial charge in [0.2, 0.25) is 11.8 Å². The lowest BCUT2D eigenvalue weighted by atomic mass is 9.89. The maximum Gasteiger partial charge on any atom is 0.250 e. The molecule has 1 unspecified atom stereocenters. The molecule has 0 aliphatic carbocycles. The van der Waals surface area contributed by atoms with Gasteiger partial charge in [0, 0.05) is 31.0 Å². The van der Waals surface area contributed by atoms with Crippen LogP contribution in [0.1, 0.15) is 48.8 Å². The first-order chi connectivity index (χ1) is 14.0. The molecule has 2 saturated heterocycles. The van der Waals surface area contributed by atoms with E-state index in [1.807, 2.05) is 36.4 Å². The van der Waals surface area contributed by atoms with E-state index in [1.165, 1.54) is 10.5 Å². The van der Waals surface area contributed by atoms with Crippen LogP contribution < -0.4 is 0 Å². The molecule has 4 rings (SSSR count). The second-order valence-corrected chi connectivity index (χ2v) is 8.06. The van der Waals surface area contributed by atoms with Gasteiger partial charge < -0.3 is 4.90 Å². The van der Waals surface area contributed by atoms with E-state index < -0.39 is 6.04 Å². The fourth-order valence-electron chi connectivity index (χ4n) is 4.29. The van der Waals surface area contributed by atoms with Crippen molar-refractivity contribution in [1.29, 1.82) is 0 Å². The molecule has 6 heteroatoms. The largest absolute Gasteiger partial charge is 0.341 e. The average Bonchev–Trinajstić information content (AvgIpc) is 3.07. The Bertz CT molecular complexity index is 907. The number of amides is 3. The standard InChI is InChI=1S/C23H23ClN2O3/c24-19-8-4-7-18(15-19)16-11-13-25(14-12-16)23(29)22(17-5-2-1-3-6-17)26-20(27)9-10-21(26)28/h1-8,15-16,22H,9-14H2. The van der Waals surface area contributed by atoms with Crippen LogP contribution in [0.3, 0.4) is 0 Å². The van der Waals surface area contributed by atoms with Crippen LogP contribution in [-0.4, -0.2) is 40.6 Å². The van der Waals surface area contributed by atoms with Crippen LogP contribution >= 0.6 is 11.6 Å². The van der Waals surface area contributed by atoms with Gasteiger partial charge in [-0.25, -0.2) is 0 Å². The van der Waals surface area contributed by atoms with E-state index in [9.17, 15) is 14.4 Å². The highest BCUT2D eigenvalue weighted by Gasteiger charge is 2.41. The Morgan fingerprint density at radius 2 is 1.59 bits per heavy atom. The predicted molar refractivity (Wildman–Crippen MR) is 110 cm³/mol. The first-order valence-corrected chi connectivity index (χ1v) is 10.4. The van der Waals surface area contributed by atoms with Crippen molar-refractivity contribution in [2.45, 2.75) is 37.6 Å². The molecule has 0 N–H and O–H groups in total. The number of likely N-dealkylation sites (tertiary alicyclic amines) is 2. The molecule has 2 fully saturated rings. The summed E-state index contributed by atoms with van der Waals surface area (Å²) in [5, 5.41) is 0.719. The molecule has 5 nitrogen and oxygen atoms in total. The molecule has 29 heavy (non-hydrogen) atoms. The van der Waals surface area contributed by atoms with E-state index in [0.717, 1.165) is 17.9 Å². The number of benzene rings is 2. The fourth-order valence-corrected chi connectivity index (χ4v) is 4.48. The molecule has 2 aromatic rings. The van der Waals surface area contributed by atoms with Crippen LogP contribution in [-0.2, 0) is 14.4 Å². The Balaban J connectivity index is 1.53. The number of imide groups is 1. The molecule has 3 amide bonds. The zero-order valence-electron chi connectivity index (χ0n) is 16.1. The molecule has 2 heterocycles. The zero-order valence-corrected chi connectivity index (χ0v) is 16.8. The van der Waals surface area contributed by atoms with Crippen LogP contribution in [0.5, 0.6) is 0 Å². The highest BCUT2D eigenvalue weighted by atomic mass is 35.5. The summed E-state index contributed by atoms with van der Waals surface area (Å²) in [5.41, 5.74) is 1.87. The van der Waals surface area contributed by atoms with Gasteiger partial charge >= 0.3 is 0 Å². The summed E-state index contributed by atoms with van der Waals surface area (Å²) in [5.74, 6) is -0.371. The van der Waals surface area contributed by atoms with E-state index in [2.05, 4.69) is 6.07 Å². The smallest absolute Gasteiger partial charge is 0.250 e. The van der Waals surface area contributed by atoms with Gasteiger partial charge in [0.1, 0.15) is 6.04 Å². The lowest BCUT2D eigenvalue weighted by molar-refractivity contribution is -0.151. The summed E-state index contributed by atoms with van der Waals surface area (Å²) in [6.07, 6.45) is 2.00. The lowest BCUT2D eigenvalue weighted by Gasteiger charge is -2.36. The number of halogens is 1. The van der Waals surface area contributed by atoms with Gasteiger partial charge in [0.15, 0.2) is 0 Å². The minimum absolute atomic E-state index is 0.173. The quantitative estimate of drug-likeness (QED) is 0.717. The maximum atomic E-state index is 13.4. The maximum absolute atomic E-state index is 13.4. The summed E-state index contributed by atoms with van der Waals surface area (Å²) >= 11 is 6.12. The van der Waals surface area contributed by atoms with Crippen molar-refractivity contribution in [1.82, 2.24) is 9.80 Å². The predicted octanol–water partition coefficient (Wildman–Crippen LogP) is 3.94. The Morgan fingerprint density at radius 1 is 0.931 bits per heavy atom. The Kier molecular flexibility index (Phi) is 5.67. The van der Waals surface area contributed by atoms with Crippen molar-refractivity contribution in [2.24, 2.45) is 0 Å². The van der Waals surface area contributed by atoms with Crippen molar-refractivity contribution in [2.75, 3.05) is 13.1 Å². The molecule has 2 aliphatic rings. The minimum Gasteiger partial charge on any atom is -0.341 e. The number of hydrogen-bond acceptors (Lipinski definition) is 3. The topological polar surface area (TPSA) is 57.7 Å². The molecule has 1 atom stereocenters. The minimum atomic E-state index is -0.874. The monoisotopic (exact) mass is 410 g/mol. The second kappa shape index (κ2) is 8.37. The van der Waals surface area contributed by atoms with Crippen LogP contribution in [0.2, 0.25) is 5.02 Å². The van der Waals surface area contributed by atoms with Gasteiger partial charge in [0.25, 0.3) is 5.91 Å². The normalized spacial score (nSPS) is 18.9. The molecule has 0 saturated carbocycles. The Hall–Kier alpha value is -2.66. The summed E-state index contributed by atoms with van der Waals surface area (Å²) in [6, 6.07) is 16.1. The average molecular weight is 411 g/mol. The lowest BCUT2D eigenvalue weighted by Crippen LogP contribution is -2.47. The zero-order chi connectivity index (χ0) is 20.4. The van der Waals surface area contributed by atoms with E-state index in [-0.39, 0.29) is 30.6 Å². The van der Waals surface area contributed by atoms with E-state index >= 15 is 0 Å². The van der Waals surface area contributed by atoms with Crippen molar-refractivity contribution >= 4 is 29.3 Å². The number of carbonyl (C=O) groups is 3. The first kappa shape index (κ1) is 19.6. The van der Waals surface area contributed by atoms with Gasteiger partial charge in [0.05, 0.1) is 0 Å². The third kappa shape index (κ3) is 4.06. The third-order valence-electron chi connectivity index (χ3n) is 5.82. The van der Waals surface area contributed by atoms with Crippen LogP contribution in [0.15, 0.2) is 54.6 Å². The fraction of sp³-hybridized carbons (Fsp3) is 0.348. The summed E-state index contributed by atoms with van der Waals surface area (Å²) < 4.78 is 0. The third-order valence-corrected chi connectivity index (χ3v) is 6.06. The van der Waals surface area contributed by atoms with Crippen LogP contribution in [0.25, 0.3) is 0 Å². The van der Waals surface area contributed by atoms with Gasteiger partial charge in [-0.1, -0.05) is 54.1 Å². The van der Waals surface area contributed by atoms with Crippen molar-refractivity contribution in [3.8, 4) is 0 Å². The van der Waals surface area contributed by atoms with Crippen molar-refractivity contribution in [3.63, 3.8) is 0 Å². The number of rotatable bonds is 4. The molecular weight excluding hydrogens is 388 g/mol. The van der Waals surface area contributed by atoms with Gasteiger partial charge in [-0.2, -0.15) is 0 Å². The number of nitrogens with zero attached hydrogens (tertiary/aromatic N) is 2. The van der Waals surface area contributed by atoms with E-state index in [1.54, 1.807) is 17.0 Å². The molecule has 0 aromatic heterocycles. The molecule has 0 radical (unpaired) electrons. The van der Waals surface area contributed by atoms with E-state index in [4.69, 9.17) is 11.6 Å². The number of piperidine rings is 1. The Labute approximate surface area is 175 Å². The highest BCUT2D eigenvalue weighted by Crippen LogP contribution is 2.33. The van der Waals surface area contributed by atoms with Gasteiger partial charge in [-0.15, -0.1) is 0 Å². The molecule has 150 valence electrons. The summed E-state index contributed by atoms with van der Waals surface area (Å²) in [7, 11) is 0. The number of carbonyl (C=O) groups excluding carboxylic acids is 3. The van der Waals surface area contributed by atoms with Crippen molar-refractivity contribution in [3.05, 3.63) is 70.7 Å². The molecular formula is C23H23ClN2O3. The van der Waals surface area contributed by atoms with Crippen molar-refractivity contribution < 1.29 is 14.4 Å². The SMILES string of the molecule is O=C(C(c1ccccc1)N1C(=O)CCC1=O)N1CCC(c2cccc(Cl)c2)CC1. The number of hydrogen-bond donors (Lipinski definition) is 0. The molecule has 2 aliphatic heterocycles. The summed E-state index contributed by atoms with van der Waals surface area (Å²) in [4.78, 5) is 41.1. The second-order valence-electron chi connectivity index (χ2n) is 7.63. The van der Waals surface area contributed by atoms with E-state index in [0.29, 0.717) is 24.6 Å². The summed E-state index contributed by atoms with van der Waals surface area (Å²) in [6.45, 7) is 1.19. The Morgan fingerprint density at radius 3 is 2.21 bits per heavy atom. The highest BCUT2D eigenvalue weighted by molar-refractivity contribution is 6.30. The first-order valence-electron chi connectivity index (χ1n) is 9.98. The van der Waals surface area contributed by atoms with Gasteiger partial charge in [-0.3, -0.25) is 19.3 Å². The van der Waals surface area contributed by atoms with Crippen LogP contribution in [0.4, 0.5) is 0 Å². The van der Waals surface area contributed by atoms with Crippen LogP contribution in [0, 0.1) is 0 Å². The molecule has 0 bridgehead atoms. The van der Waals surface area contributed by atoms with Gasteiger partial charge in [-0.05, 0) is 42.0 Å².